The third-order valence-corrected chi connectivity index (χ3v) is 4.68. The van der Waals surface area contributed by atoms with Crippen molar-refractivity contribution in [1.82, 2.24) is 5.32 Å². The highest BCUT2D eigenvalue weighted by molar-refractivity contribution is 5.53. The van der Waals surface area contributed by atoms with E-state index in [1.807, 2.05) is 30.3 Å². The van der Waals surface area contributed by atoms with Gasteiger partial charge in [-0.25, -0.2) is 0 Å². The van der Waals surface area contributed by atoms with Crippen molar-refractivity contribution in [3.8, 4) is 23.0 Å². The first-order valence-corrected chi connectivity index (χ1v) is 9.24. The Morgan fingerprint density at radius 2 is 1.67 bits per heavy atom. The predicted molar refractivity (Wildman–Crippen MR) is 107 cm³/mol. The fourth-order valence-corrected chi connectivity index (χ4v) is 3.26. The molecule has 0 radical (unpaired) electrons. The second-order valence-electron chi connectivity index (χ2n) is 6.43. The molecule has 1 aliphatic rings. The third-order valence-electron chi connectivity index (χ3n) is 4.68. The Hall–Kier alpha value is -2.60. The molecule has 0 bridgehead atoms. The normalized spacial score (nSPS) is 15.9. The van der Waals surface area contributed by atoms with Gasteiger partial charge in [-0.05, 0) is 31.0 Å². The molecule has 0 amide bonds. The number of ether oxygens (including phenoxy) is 4. The van der Waals surface area contributed by atoms with Gasteiger partial charge in [0.25, 0.3) is 0 Å². The first-order valence-electron chi connectivity index (χ1n) is 9.24. The number of hydrogen-bond acceptors (Lipinski definition) is 6. The maximum atomic E-state index is 5.87. The summed E-state index contributed by atoms with van der Waals surface area (Å²) in [6.45, 7) is 2.35. The highest BCUT2D eigenvalue weighted by Gasteiger charge is 2.20. The summed E-state index contributed by atoms with van der Waals surface area (Å²) in [7, 11) is 4.99. The molecule has 6 nitrogen and oxygen atoms in total. The van der Waals surface area contributed by atoms with Crippen molar-refractivity contribution < 1.29 is 18.9 Å². The predicted octanol–water partition coefficient (Wildman–Crippen LogP) is 3.63. The van der Waals surface area contributed by atoms with E-state index in [1.165, 1.54) is 0 Å². The maximum absolute atomic E-state index is 5.87. The quantitative estimate of drug-likeness (QED) is 0.690. The number of fused-ring (bicyclic) bond motifs is 1. The summed E-state index contributed by atoms with van der Waals surface area (Å²) >= 11 is 0. The molecule has 2 aromatic rings. The largest absolute Gasteiger partial charge is 0.497 e. The lowest BCUT2D eigenvalue weighted by atomic mass is 10.0. The van der Waals surface area contributed by atoms with Gasteiger partial charge >= 0.3 is 0 Å². The standard InChI is InChI=1S/C21H28N2O4/c1-24-16-6-7-21-19(14-16)20(5-4-10-27-21)23-9-8-22-15-11-17(25-2)13-18(12-15)26-3/h6-7,11-14,20,22-23H,4-5,8-10H2,1-3H3. The average molecular weight is 372 g/mol. The second kappa shape index (κ2) is 9.37. The van der Waals surface area contributed by atoms with Crippen LogP contribution >= 0.6 is 0 Å². The van der Waals surface area contributed by atoms with Crippen LogP contribution in [0.3, 0.4) is 0 Å². The van der Waals surface area contributed by atoms with E-state index in [9.17, 15) is 0 Å². The molecular weight excluding hydrogens is 344 g/mol. The molecule has 2 N–H and O–H groups in total. The summed E-state index contributed by atoms with van der Waals surface area (Å²) in [6.07, 6.45) is 2.06. The van der Waals surface area contributed by atoms with Crippen molar-refractivity contribution in [3.63, 3.8) is 0 Å². The Morgan fingerprint density at radius 3 is 2.37 bits per heavy atom. The average Bonchev–Trinajstić information content (AvgIpc) is 2.92. The second-order valence-corrected chi connectivity index (χ2v) is 6.43. The molecule has 0 saturated heterocycles. The van der Waals surface area contributed by atoms with Gasteiger partial charge < -0.3 is 29.6 Å². The van der Waals surface area contributed by atoms with E-state index < -0.39 is 0 Å². The van der Waals surface area contributed by atoms with Crippen molar-refractivity contribution in [2.75, 3.05) is 46.3 Å². The molecule has 146 valence electrons. The minimum atomic E-state index is 0.249. The minimum Gasteiger partial charge on any atom is -0.497 e. The van der Waals surface area contributed by atoms with Gasteiger partial charge in [-0.1, -0.05) is 0 Å². The highest BCUT2D eigenvalue weighted by atomic mass is 16.5. The van der Waals surface area contributed by atoms with Crippen LogP contribution in [-0.2, 0) is 0 Å². The molecule has 0 saturated carbocycles. The van der Waals surface area contributed by atoms with E-state index in [1.54, 1.807) is 21.3 Å². The third kappa shape index (κ3) is 4.98. The van der Waals surface area contributed by atoms with Gasteiger partial charge in [-0.15, -0.1) is 0 Å². The number of hydrogen-bond donors (Lipinski definition) is 2. The van der Waals surface area contributed by atoms with Gasteiger partial charge in [0.05, 0.1) is 27.9 Å². The Morgan fingerprint density at radius 1 is 0.926 bits per heavy atom. The van der Waals surface area contributed by atoms with Crippen molar-refractivity contribution in [2.45, 2.75) is 18.9 Å². The van der Waals surface area contributed by atoms with Crippen molar-refractivity contribution in [3.05, 3.63) is 42.0 Å². The molecule has 27 heavy (non-hydrogen) atoms. The van der Waals surface area contributed by atoms with Crippen molar-refractivity contribution in [2.24, 2.45) is 0 Å². The van der Waals surface area contributed by atoms with Crippen LogP contribution in [0.2, 0.25) is 0 Å². The Bertz CT molecular complexity index is 729. The van der Waals surface area contributed by atoms with Gasteiger partial charge in [0.1, 0.15) is 23.0 Å². The summed E-state index contributed by atoms with van der Waals surface area (Å²) in [6, 6.07) is 12.0. The monoisotopic (exact) mass is 372 g/mol. The van der Waals surface area contributed by atoms with E-state index in [2.05, 4.69) is 16.7 Å². The molecule has 0 aliphatic carbocycles. The first kappa shape index (κ1) is 19.2. The molecule has 1 aliphatic heterocycles. The summed E-state index contributed by atoms with van der Waals surface area (Å²) in [5.74, 6) is 3.34. The zero-order valence-electron chi connectivity index (χ0n) is 16.2. The lowest BCUT2D eigenvalue weighted by molar-refractivity contribution is 0.314. The van der Waals surface area contributed by atoms with Crippen molar-refractivity contribution in [1.29, 1.82) is 0 Å². The maximum Gasteiger partial charge on any atom is 0.124 e. The number of methoxy groups -OCH3 is 3. The minimum absolute atomic E-state index is 0.249. The molecule has 0 fully saturated rings. The molecule has 0 spiro atoms. The first-order chi connectivity index (χ1) is 13.2. The number of anilines is 1. The molecule has 6 heteroatoms. The van der Waals surface area contributed by atoms with Gasteiger partial charge in [-0.2, -0.15) is 0 Å². The Labute approximate surface area is 160 Å². The summed E-state index contributed by atoms with van der Waals surface area (Å²) in [5.41, 5.74) is 2.13. The fraction of sp³-hybridized carbons (Fsp3) is 0.429. The van der Waals surface area contributed by atoms with E-state index in [0.717, 1.165) is 66.8 Å². The summed E-state index contributed by atoms with van der Waals surface area (Å²) < 4.78 is 21.9. The Balaban J connectivity index is 1.59. The summed E-state index contributed by atoms with van der Waals surface area (Å²) in [5, 5.41) is 7.05. The van der Waals surface area contributed by atoms with Crippen LogP contribution in [-0.4, -0.2) is 41.0 Å². The van der Waals surface area contributed by atoms with Crippen LogP contribution in [0, 0.1) is 0 Å². The SMILES string of the molecule is COc1cc(NCCNC2CCCOc3ccc(OC)cc32)cc(OC)c1. The van der Waals surface area contributed by atoms with Gasteiger partial charge in [0.2, 0.25) is 0 Å². The van der Waals surface area contributed by atoms with Crippen LogP contribution in [0.15, 0.2) is 36.4 Å². The van der Waals surface area contributed by atoms with Crippen LogP contribution in [0.5, 0.6) is 23.0 Å². The molecular formula is C21H28N2O4. The van der Waals surface area contributed by atoms with Crippen molar-refractivity contribution >= 4 is 5.69 Å². The van der Waals surface area contributed by atoms with Crippen LogP contribution in [0.1, 0.15) is 24.4 Å². The number of benzene rings is 2. The van der Waals surface area contributed by atoms with Crippen LogP contribution < -0.4 is 29.6 Å². The van der Waals surface area contributed by atoms with E-state index in [4.69, 9.17) is 18.9 Å². The van der Waals surface area contributed by atoms with Gasteiger partial charge in [-0.3, -0.25) is 0 Å². The van der Waals surface area contributed by atoms with Crippen LogP contribution in [0.25, 0.3) is 0 Å². The molecule has 1 unspecified atom stereocenters. The lowest BCUT2D eigenvalue weighted by Crippen LogP contribution is -2.26. The number of rotatable bonds is 8. The Kier molecular flexibility index (Phi) is 6.65. The van der Waals surface area contributed by atoms with Crippen LogP contribution in [0.4, 0.5) is 5.69 Å². The molecule has 3 rings (SSSR count). The van der Waals surface area contributed by atoms with E-state index in [0.29, 0.717) is 0 Å². The van der Waals surface area contributed by atoms with Gasteiger partial charge in [0, 0.05) is 48.6 Å². The molecule has 0 aromatic heterocycles. The highest BCUT2D eigenvalue weighted by Crippen LogP contribution is 2.34. The zero-order chi connectivity index (χ0) is 19.1. The lowest BCUT2D eigenvalue weighted by Gasteiger charge is -2.19. The zero-order valence-corrected chi connectivity index (χ0v) is 16.2. The summed E-state index contributed by atoms with van der Waals surface area (Å²) in [4.78, 5) is 0. The topological polar surface area (TPSA) is 61.0 Å². The molecule has 1 atom stereocenters. The molecule has 2 aromatic carbocycles. The van der Waals surface area contributed by atoms with E-state index >= 15 is 0 Å². The van der Waals surface area contributed by atoms with E-state index in [-0.39, 0.29) is 6.04 Å². The molecule has 1 heterocycles. The van der Waals surface area contributed by atoms with Gasteiger partial charge in [0.15, 0.2) is 0 Å². The number of nitrogens with one attached hydrogen (secondary N) is 2. The fourth-order valence-electron chi connectivity index (χ4n) is 3.26. The smallest absolute Gasteiger partial charge is 0.124 e.